The smallest absolute Gasteiger partial charge is 0.407 e. The molecule has 0 aromatic heterocycles. The van der Waals surface area contributed by atoms with Crippen molar-refractivity contribution in [1.82, 2.24) is 5.32 Å². The van der Waals surface area contributed by atoms with E-state index in [0.717, 1.165) is 11.1 Å². The molecular weight excluding hydrogens is 426 g/mol. The van der Waals surface area contributed by atoms with Crippen LogP contribution in [0.5, 0.6) is 0 Å². The summed E-state index contributed by atoms with van der Waals surface area (Å²) in [6.07, 6.45) is -0.459. The summed E-state index contributed by atoms with van der Waals surface area (Å²) >= 11 is 0. The third-order valence-corrected chi connectivity index (χ3v) is 4.33. The highest BCUT2D eigenvalue weighted by Gasteiger charge is 2.01. The maximum absolute atomic E-state index is 11.6. The SMILES string of the molecule is O=C(NCCOCCOCCOCCOCCOCc1ccccc1)OCc1ccccc1. The fourth-order valence-electron chi connectivity index (χ4n) is 2.64. The van der Waals surface area contributed by atoms with Crippen molar-refractivity contribution >= 4 is 6.09 Å². The number of nitrogens with one attached hydrogen (secondary N) is 1. The van der Waals surface area contributed by atoms with Crippen molar-refractivity contribution in [3.63, 3.8) is 0 Å². The van der Waals surface area contributed by atoms with Crippen molar-refractivity contribution in [3.8, 4) is 0 Å². The Bertz CT molecular complexity index is 715. The highest BCUT2D eigenvalue weighted by Crippen LogP contribution is 2.01. The van der Waals surface area contributed by atoms with E-state index in [-0.39, 0.29) is 6.61 Å². The zero-order valence-electron chi connectivity index (χ0n) is 19.1. The van der Waals surface area contributed by atoms with Gasteiger partial charge in [-0.05, 0) is 11.1 Å². The molecule has 0 aliphatic carbocycles. The number of carbonyl (C=O) groups is 1. The summed E-state index contributed by atoms with van der Waals surface area (Å²) in [5, 5.41) is 2.64. The maximum atomic E-state index is 11.6. The van der Waals surface area contributed by atoms with E-state index in [0.29, 0.717) is 72.6 Å². The Morgan fingerprint density at radius 2 is 0.970 bits per heavy atom. The van der Waals surface area contributed by atoms with Crippen molar-refractivity contribution in [2.24, 2.45) is 0 Å². The van der Waals surface area contributed by atoms with E-state index in [1.165, 1.54) is 0 Å². The molecule has 0 saturated heterocycles. The zero-order valence-corrected chi connectivity index (χ0v) is 19.1. The van der Waals surface area contributed by atoms with Gasteiger partial charge in [0, 0.05) is 6.54 Å². The largest absolute Gasteiger partial charge is 0.445 e. The Balaban J connectivity index is 1.24. The number of benzene rings is 2. The molecular formula is C25H35NO7. The fraction of sp³-hybridized carbons (Fsp3) is 0.480. The Hall–Kier alpha value is -2.49. The van der Waals surface area contributed by atoms with Gasteiger partial charge < -0.3 is 33.7 Å². The molecule has 2 aromatic carbocycles. The van der Waals surface area contributed by atoms with Crippen LogP contribution in [-0.4, -0.2) is 72.1 Å². The highest BCUT2D eigenvalue weighted by atomic mass is 16.6. The highest BCUT2D eigenvalue weighted by molar-refractivity contribution is 5.67. The zero-order chi connectivity index (χ0) is 23.2. The van der Waals surface area contributed by atoms with Gasteiger partial charge in [-0.15, -0.1) is 0 Å². The third-order valence-electron chi connectivity index (χ3n) is 4.33. The van der Waals surface area contributed by atoms with Crippen molar-refractivity contribution in [1.29, 1.82) is 0 Å². The third kappa shape index (κ3) is 15.1. The number of hydrogen-bond acceptors (Lipinski definition) is 7. The molecule has 8 nitrogen and oxygen atoms in total. The summed E-state index contributed by atoms with van der Waals surface area (Å²) in [6.45, 7) is 5.69. The van der Waals surface area contributed by atoms with Crippen LogP contribution < -0.4 is 5.32 Å². The van der Waals surface area contributed by atoms with E-state index in [1.54, 1.807) is 0 Å². The van der Waals surface area contributed by atoms with Gasteiger partial charge in [0.15, 0.2) is 0 Å². The lowest BCUT2D eigenvalue weighted by atomic mass is 10.2. The first-order valence-electron chi connectivity index (χ1n) is 11.2. The molecule has 0 aliphatic rings. The standard InChI is InChI=1S/C25H35NO7/c27-25(33-22-24-9-5-2-6-10-24)26-11-12-28-13-14-29-15-16-30-17-18-31-19-20-32-21-23-7-3-1-4-8-23/h1-10H,11-22H2,(H,26,27). The van der Waals surface area contributed by atoms with Crippen LogP contribution in [0.2, 0.25) is 0 Å². The quantitative estimate of drug-likeness (QED) is 0.322. The molecule has 0 spiro atoms. The summed E-state index contributed by atoms with van der Waals surface area (Å²) in [5.74, 6) is 0. The van der Waals surface area contributed by atoms with E-state index in [1.807, 2.05) is 60.7 Å². The molecule has 0 atom stereocenters. The summed E-state index contributed by atoms with van der Waals surface area (Å²) < 4.78 is 32.4. The van der Waals surface area contributed by atoms with Crippen LogP contribution >= 0.6 is 0 Å². The number of hydrogen-bond donors (Lipinski definition) is 1. The minimum absolute atomic E-state index is 0.249. The minimum Gasteiger partial charge on any atom is -0.445 e. The van der Waals surface area contributed by atoms with E-state index < -0.39 is 6.09 Å². The number of rotatable bonds is 19. The second-order valence-electron chi connectivity index (χ2n) is 6.98. The fourth-order valence-corrected chi connectivity index (χ4v) is 2.64. The van der Waals surface area contributed by atoms with Gasteiger partial charge in [-0.1, -0.05) is 60.7 Å². The number of alkyl carbamates (subject to hydrolysis) is 1. The first-order chi connectivity index (χ1) is 16.3. The lowest BCUT2D eigenvalue weighted by Crippen LogP contribution is -2.28. The van der Waals surface area contributed by atoms with Gasteiger partial charge in [-0.3, -0.25) is 0 Å². The molecule has 0 saturated carbocycles. The minimum atomic E-state index is -0.459. The van der Waals surface area contributed by atoms with Gasteiger partial charge in [0.25, 0.3) is 0 Å². The molecule has 0 unspecified atom stereocenters. The van der Waals surface area contributed by atoms with Crippen LogP contribution in [0.4, 0.5) is 4.79 Å². The molecule has 0 fully saturated rings. The van der Waals surface area contributed by atoms with Crippen LogP contribution in [0.3, 0.4) is 0 Å². The first kappa shape index (κ1) is 26.8. The Kier molecular flexibility index (Phi) is 15.4. The van der Waals surface area contributed by atoms with Crippen molar-refractivity contribution in [2.45, 2.75) is 13.2 Å². The maximum Gasteiger partial charge on any atom is 0.407 e. The predicted molar refractivity (Wildman–Crippen MR) is 124 cm³/mol. The van der Waals surface area contributed by atoms with Gasteiger partial charge in [0.1, 0.15) is 6.61 Å². The molecule has 0 bridgehead atoms. The van der Waals surface area contributed by atoms with Crippen molar-refractivity contribution < 1.29 is 33.2 Å². The predicted octanol–water partition coefficient (Wildman–Crippen LogP) is 3.20. The monoisotopic (exact) mass is 461 g/mol. The first-order valence-corrected chi connectivity index (χ1v) is 11.2. The van der Waals surface area contributed by atoms with Gasteiger partial charge in [0.2, 0.25) is 0 Å². The second-order valence-corrected chi connectivity index (χ2v) is 6.98. The van der Waals surface area contributed by atoms with E-state index >= 15 is 0 Å². The molecule has 0 aliphatic heterocycles. The summed E-state index contributed by atoms with van der Waals surface area (Å²) in [4.78, 5) is 11.6. The molecule has 1 amide bonds. The average Bonchev–Trinajstić information content (AvgIpc) is 2.86. The van der Waals surface area contributed by atoms with Gasteiger partial charge in [0.05, 0.1) is 66.1 Å². The van der Waals surface area contributed by atoms with Gasteiger partial charge in [-0.25, -0.2) is 4.79 Å². The summed E-state index contributed by atoms with van der Waals surface area (Å²) in [5.41, 5.74) is 2.10. The topological polar surface area (TPSA) is 84.5 Å². The van der Waals surface area contributed by atoms with E-state index in [2.05, 4.69) is 5.32 Å². The van der Waals surface area contributed by atoms with Crippen LogP contribution in [0, 0.1) is 0 Å². The van der Waals surface area contributed by atoms with Crippen molar-refractivity contribution in [3.05, 3.63) is 71.8 Å². The lowest BCUT2D eigenvalue weighted by molar-refractivity contribution is -0.0122. The Labute approximate surface area is 196 Å². The van der Waals surface area contributed by atoms with E-state index in [4.69, 9.17) is 28.4 Å². The Morgan fingerprint density at radius 3 is 1.48 bits per heavy atom. The molecule has 2 aromatic rings. The molecule has 0 radical (unpaired) electrons. The van der Waals surface area contributed by atoms with Crippen molar-refractivity contribution in [2.75, 3.05) is 66.0 Å². The number of ether oxygens (including phenoxy) is 6. The number of carbonyl (C=O) groups excluding carboxylic acids is 1. The second kappa shape index (κ2) is 19.0. The summed E-state index contributed by atoms with van der Waals surface area (Å²) in [7, 11) is 0. The van der Waals surface area contributed by atoms with E-state index in [9.17, 15) is 4.79 Å². The van der Waals surface area contributed by atoms with Crippen LogP contribution in [0.25, 0.3) is 0 Å². The molecule has 182 valence electrons. The molecule has 2 rings (SSSR count). The summed E-state index contributed by atoms with van der Waals surface area (Å²) in [6, 6.07) is 19.6. The van der Waals surface area contributed by atoms with Gasteiger partial charge in [-0.2, -0.15) is 0 Å². The van der Waals surface area contributed by atoms with Crippen LogP contribution in [0.1, 0.15) is 11.1 Å². The Morgan fingerprint density at radius 1 is 0.545 bits per heavy atom. The van der Waals surface area contributed by atoms with Crippen LogP contribution in [-0.2, 0) is 41.6 Å². The molecule has 33 heavy (non-hydrogen) atoms. The van der Waals surface area contributed by atoms with Crippen LogP contribution in [0.15, 0.2) is 60.7 Å². The normalized spacial score (nSPS) is 10.8. The average molecular weight is 462 g/mol. The molecule has 8 heteroatoms. The lowest BCUT2D eigenvalue weighted by Gasteiger charge is -2.09. The molecule has 0 heterocycles. The van der Waals surface area contributed by atoms with Gasteiger partial charge >= 0.3 is 6.09 Å². The number of amides is 1. The molecule has 1 N–H and O–H groups in total.